The van der Waals surface area contributed by atoms with Crippen molar-refractivity contribution in [3.05, 3.63) is 28.2 Å². The van der Waals surface area contributed by atoms with Crippen LogP contribution in [0.2, 0.25) is 0 Å². The maximum Gasteiger partial charge on any atom is 0.147 e. The highest BCUT2D eigenvalue weighted by Crippen LogP contribution is 2.29. The van der Waals surface area contributed by atoms with Gasteiger partial charge in [-0.3, -0.25) is 11.3 Å². The fraction of sp³-hybridized carbons (Fsp3) is 0.500. The number of hydrogen-bond acceptors (Lipinski definition) is 5. The first-order valence-corrected chi connectivity index (χ1v) is 8.70. The summed E-state index contributed by atoms with van der Waals surface area (Å²) < 4.78 is 28.2. The van der Waals surface area contributed by atoms with E-state index in [9.17, 15) is 8.42 Å². The predicted octanol–water partition coefficient (Wildman–Crippen LogP) is 1.79. The summed E-state index contributed by atoms with van der Waals surface area (Å²) in [5, 5.41) is 0. The Labute approximate surface area is 122 Å². The van der Waals surface area contributed by atoms with Crippen molar-refractivity contribution in [2.24, 2.45) is 5.84 Å². The Bertz CT molecular complexity index is 520. The fourth-order valence-corrected chi connectivity index (χ4v) is 3.04. The lowest BCUT2D eigenvalue weighted by atomic mass is 10.0. The van der Waals surface area contributed by atoms with Gasteiger partial charge in [0.2, 0.25) is 0 Å². The van der Waals surface area contributed by atoms with Gasteiger partial charge in [-0.05, 0) is 46.5 Å². The number of hydrazine groups is 1. The van der Waals surface area contributed by atoms with E-state index in [4.69, 9.17) is 10.6 Å². The average Bonchev–Trinajstić information content (AvgIpc) is 2.33. The standard InChI is InChI=1S/C12H19BrN2O3S/c1-18-12-6-5-9(8-10(12)13)11(15-14)4-3-7-19(2,16)17/h5-6,8,11,15H,3-4,7,14H2,1-2H3. The number of rotatable bonds is 7. The maximum atomic E-state index is 11.1. The molecule has 1 rings (SSSR count). The third kappa shape index (κ3) is 5.48. The molecule has 0 aliphatic carbocycles. The van der Waals surface area contributed by atoms with Crippen LogP contribution in [0.4, 0.5) is 0 Å². The number of ether oxygens (including phenoxy) is 1. The Balaban J connectivity index is 2.72. The van der Waals surface area contributed by atoms with Crippen LogP contribution < -0.4 is 16.0 Å². The number of methoxy groups -OCH3 is 1. The summed E-state index contributed by atoms with van der Waals surface area (Å²) >= 11 is 3.42. The van der Waals surface area contributed by atoms with E-state index in [-0.39, 0.29) is 11.8 Å². The SMILES string of the molecule is COc1ccc(C(CCCS(C)(=O)=O)NN)cc1Br. The number of halogens is 1. The van der Waals surface area contributed by atoms with Crippen LogP contribution in [0.3, 0.4) is 0 Å². The van der Waals surface area contributed by atoms with Crippen LogP contribution in [0.5, 0.6) is 5.75 Å². The molecular formula is C12H19BrN2O3S. The lowest BCUT2D eigenvalue weighted by molar-refractivity contribution is 0.411. The molecule has 0 aliphatic heterocycles. The third-order valence-electron chi connectivity index (χ3n) is 2.79. The smallest absolute Gasteiger partial charge is 0.147 e. The molecular weight excluding hydrogens is 332 g/mol. The first kappa shape index (κ1) is 16.4. The summed E-state index contributed by atoms with van der Waals surface area (Å²) in [6, 6.07) is 5.60. The molecule has 1 aromatic rings. The summed E-state index contributed by atoms with van der Waals surface area (Å²) in [4.78, 5) is 0. The van der Waals surface area contributed by atoms with Crippen LogP contribution in [0.15, 0.2) is 22.7 Å². The Kier molecular flexibility index (Phi) is 6.25. The zero-order valence-corrected chi connectivity index (χ0v) is 13.4. The van der Waals surface area contributed by atoms with Gasteiger partial charge in [0.15, 0.2) is 0 Å². The number of sulfone groups is 1. The van der Waals surface area contributed by atoms with Crippen LogP contribution >= 0.6 is 15.9 Å². The monoisotopic (exact) mass is 350 g/mol. The number of hydrogen-bond donors (Lipinski definition) is 2. The zero-order valence-electron chi connectivity index (χ0n) is 11.0. The topological polar surface area (TPSA) is 81.4 Å². The van der Waals surface area contributed by atoms with E-state index in [1.807, 2.05) is 18.2 Å². The van der Waals surface area contributed by atoms with E-state index in [0.717, 1.165) is 15.8 Å². The second kappa shape index (κ2) is 7.23. The molecule has 0 spiro atoms. The lowest BCUT2D eigenvalue weighted by Gasteiger charge is -2.17. The van der Waals surface area contributed by atoms with Gasteiger partial charge in [-0.1, -0.05) is 6.07 Å². The Morgan fingerprint density at radius 1 is 1.47 bits per heavy atom. The van der Waals surface area contributed by atoms with E-state index in [1.165, 1.54) is 6.26 Å². The second-order valence-corrected chi connectivity index (χ2v) is 7.50. The first-order valence-electron chi connectivity index (χ1n) is 5.84. The molecule has 0 saturated carbocycles. The molecule has 7 heteroatoms. The number of nitrogens with two attached hydrogens (primary N) is 1. The van der Waals surface area contributed by atoms with Crippen molar-refractivity contribution in [2.75, 3.05) is 19.1 Å². The van der Waals surface area contributed by atoms with E-state index < -0.39 is 9.84 Å². The minimum Gasteiger partial charge on any atom is -0.496 e. The molecule has 0 amide bonds. The summed E-state index contributed by atoms with van der Waals surface area (Å²) in [7, 11) is -1.33. The van der Waals surface area contributed by atoms with Crippen molar-refractivity contribution in [1.82, 2.24) is 5.43 Å². The molecule has 0 heterocycles. The van der Waals surface area contributed by atoms with Gasteiger partial charge >= 0.3 is 0 Å². The van der Waals surface area contributed by atoms with Gasteiger partial charge < -0.3 is 4.74 Å². The molecule has 108 valence electrons. The summed E-state index contributed by atoms with van der Waals surface area (Å²) in [6.45, 7) is 0. The van der Waals surface area contributed by atoms with Gasteiger partial charge in [0.05, 0.1) is 11.6 Å². The molecule has 1 atom stereocenters. The molecule has 0 radical (unpaired) electrons. The molecule has 5 nitrogen and oxygen atoms in total. The molecule has 19 heavy (non-hydrogen) atoms. The highest BCUT2D eigenvalue weighted by molar-refractivity contribution is 9.10. The fourth-order valence-electron chi connectivity index (χ4n) is 1.80. The Hall–Kier alpha value is -0.630. The van der Waals surface area contributed by atoms with Gasteiger partial charge in [0.1, 0.15) is 15.6 Å². The van der Waals surface area contributed by atoms with Crippen molar-refractivity contribution >= 4 is 25.8 Å². The van der Waals surface area contributed by atoms with E-state index in [2.05, 4.69) is 21.4 Å². The quantitative estimate of drug-likeness (QED) is 0.578. The van der Waals surface area contributed by atoms with Gasteiger partial charge in [0, 0.05) is 18.1 Å². The predicted molar refractivity (Wildman–Crippen MR) is 79.7 cm³/mol. The van der Waals surface area contributed by atoms with Crippen molar-refractivity contribution < 1.29 is 13.2 Å². The van der Waals surface area contributed by atoms with Gasteiger partial charge in [-0.25, -0.2) is 8.42 Å². The zero-order chi connectivity index (χ0) is 14.5. The molecule has 3 N–H and O–H groups in total. The van der Waals surface area contributed by atoms with Gasteiger partial charge in [0.25, 0.3) is 0 Å². The largest absolute Gasteiger partial charge is 0.496 e. The highest BCUT2D eigenvalue weighted by atomic mass is 79.9. The van der Waals surface area contributed by atoms with Crippen LogP contribution in [0.25, 0.3) is 0 Å². The Morgan fingerprint density at radius 2 is 2.16 bits per heavy atom. The van der Waals surface area contributed by atoms with Crippen molar-refractivity contribution in [3.63, 3.8) is 0 Å². The summed E-state index contributed by atoms with van der Waals surface area (Å²) in [6.07, 6.45) is 2.46. The first-order chi connectivity index (χ1) is 8.87. The van der Waals surface area contributed by atoms with E-state index >= 15 is 0 Å². The number of nitrogens with one attached hydrogen (secondary N) is 1. The normalized spacial score (nSPS) is 13.3. The summed E-state index contributed by atoms with van der Waals surface area (Å²) in [5.41, 5.74) is 3.70. The highest BCUT2D eigenvalue weighted by Gasteiger charge is 2.13. The molecule has 1 aromatic carbocycles. The number of benzene rings is 1. The Morgan fingerprint density at radius 3 is 2.63 bits per heavy atom. The molecule has 0 aromatic heterocycles. The lowest BCUT2D eigenvalue weighted by Crippen LogP contribution is -2.28. The van der Waals surface area contributed by atoms with Gasteiger partial charge in [-0.15, -0.1) is 0 Å². The molecule has 0 fully saturated rings. The van der Waals surface area contributed by atoms with Crippen molar-refractivity contribution in [1.29, 1.82) is 0 Å². The minimum absolute atomic E-state index is 0.0797. The third-order valence-corrected chi connectivity index (χ3v) is 4.44. The van der Waals surface area contributed by atoms with Crippen LogP contribution in [-0.4, -0.2) is 27.5 Å². The summed E-state index contributed by atoms with van der Waals surface area (Å²) in [5.74, 6) is 6.44. The molecule has 0 aliphatic rings. The molecule has 0 saturated heterocycles. The van der Waals surface area contributed by atoms with Crippen molar-refractivity contribution in [3.8, 4) is 5.75 Å². The minimum atomic E-state index is -2.93. The van der Waals surface area contributed by atoms with E-state index in [0.29, 0.717) is 12.8 Å². The van der Waals surface area contributed by atoms with Crippen LogP contribution in [-0.2, 0) is 9.84 Å². The molecule has 0 bridgehead atoms. The average molecular weight is 351 g/mol. The van der Waals surface area contributed by atoms with Crippen LogP contribution in [0, 0.1) is 0 Å². The van der Waals surface area contributed by atoms with Crippen LogP contribution in [0.1, 0.15) is 24.4 Å². The van der Waals surface area contributed by atoms with Crippen molar-refractivity contribution in [2.45, 2.75) is 18.9 Å². The van der Waals surface area contributed by atoms with E-state index in [1.54, 1.807) is 7.11 Å². The second-order valence-electron chi connectivity index (χ2n) is 4.39. The molecule has 1 unspecified atom stereocenters. The van der Waals surface area contributed by atoms with Gasteiger partial charge in [-0.2, -0.15) is 0 Å². The maximum absolute atomic E-state index is 11.1.